The molecule has 0 fully saturated rings. The highest BCUT2D eigenvalue weighted by Gasteiger charge is 2.09. The molecular formula is C17H17NO3. The molecule has 0 aliphatic rings. The number of esters is 1. The third-order valence-corrected chi connectivity index (χ3v) is 2.94. The monoisotopic (exact) mass is 283 g/mol. The largest absolute Gasteiger partial charge is 0.456 e. The van der Waals surface area contributed by atoms with E-state index in [1.807, 2.05) is 54.6 Å². The Labute approximate surface area is 123 Å². The van der Waals surface area contributed by atoms with Crippen LogP contribution in [0.15, 0.2) is 54.6 Å². The number of anilines is 1. The fourth-order valence-corrected chi connectivity index (χ4v) is 1.90. The summed E-state index contributed by atoms with van der Waals surface area (Å²) in [7, 11) is 0. The minimum atomic E-state index is -0.388. The third-order valence-electron chi connectivity index (χ3n) is 2.94. The zero-order valence-corrected chi connectivity index (χ0v) is 11.8. The Bertz CT molecular complexity index is 623. The zero-order chi connectivity index (χ0) is 15.1. The number of amides is 1. The molecule has 4 nitrogen and oxygen atoms in total. The van der Waals surface area contributed by atoms with Crippen LogP contribution in [0.1, 0.15) is 13.3 Å². The van der Waals surface area contributed by atoms with Crippen LogP contribution in [-0.2, 0) is 14.3 Å². The van der Waals surface area contributed by atoms with E-state index >= 15 is 0 Å². The predicted octanol–water partition coefficient (Wildman–Crippen LogP) is 3.25. The van der Waals surface area contributed by atoms with E-state index < -0.39 is 0 Å². The van der Waals surface area contributed by atoms with Crippen LogP contribution in [0.2, 0.25) is 0 Å². The first-order valence-corrected chi connectivity index (χ1v) is 6.80. The van der Waals surface area contributed by atoms with Crippen molar-refractivity contribution in [2.24, 2.45) is 0 Å². The summed E-state index contributed by atoms with van der Waals surface area (Å²) < 4.78 is 4.82. The minimum absolute atomic E-state index is 0.258. The van der Waals surface area contributed by atoms with Gasteiger partial charge >= 0.3 is 5.97 Å². The lowest BCUT2D eigenvalue weighted by Gasteiger charge is -2.11. The highest BCUT2D eigenvalue weighted by Crippen LogP contribution is 2.27. The van der Waals surface area contributed by atoms with Gasteiger partial charge in [0, 0.05) is 17.7 Å². The number of rotatable bonds is 5. The van der Waals surface area contributed by atoms with Gasteiger partial charge in [-0.3, -0.25) is 9.59 Å². The van der Waals surface area contributed by atoms with Crippen molar-refractivity contribution in [3.8, 4) is 11.1 Å². The van der Waals surface area contributed by atoms with E-state index in [2.05, 4.69) is 5.32 Å². The van der Waals surface area contributed by atoms with Crippen molar-refractivity contribution in [1.29, 1.82) is 0 Å². The fourth-order valence-electron chi connectivity index (χ4n) is 1.90. The van der Waals surface area contributed by atoms with Gasteiger partial charge in [0.25, 0.3) is 5.91 Å². The SMILES string of the molecule is CCC(=O)OCC(=O)Nc1ccccc1-c1ccccc1. The Kier molecular flexibility index (Phi) is 5.10. The molecule has 0 aliphatic heterocycles. The summed E-state index contributed by atoms with van der Waals surface area (Å²) in [6.45, 7) is 1.42. The Balaban J connectivity index is 2.11. The second-order valence-electron chi connectivity index (χ2n) is 4.47. The average Bonchev–Trinajstić information content (AvgIpc) is 2.54. The van der Waals surface area contributed by atoms with Crippen LogP contribution in [0, 0.1) is 0 Å². The van der Waals surface area contributed by atoms with E-state index in [0.29, 0.717) is 5.69 Å². The maximum absolute atomic E-state index is 11.8. The number of carbonyl (C=O) groups is 2. The number of ether oxygens (including phenoxy) is 1. The molecular weight excluding hydrogens is 266 g/mol. The van der Waals surface area contributed by atoms with Crippen molar-refractivity contribution in [1.82, 2.24) is 0 Å². The fraction of sp³-hybridized carbons (Fsp3) is 0.176. The number of para-hydroxylation sites is 1. The molecule has 0 bridgehead atoms. The molecule has 0 atom stereocenters. The molecule has 2 aromatic carbocycles. The summed E-state index contributed by atoms with van der Waals surface area (Å²) >= 11 is 0. The molecule has 1 N–H and O–H groups in total. The summed E-state index contributed by atoms with van der Waals surface area (Å²) in [6, 6.07) is 17.3. The van der Waals surface area contributed by atoms with Crippen LogP contribution >= 0.6 is 0 Å². The zero-order valence-electron chi connectivity index (χ0n) is 11.8. The Hall–Kier alpha value is -2.62. The maximum Gasteiger partial charge on any atom is 0.306 e. The van der Waals surface area contributed by atoms with Crippen LogP contribution in [0.4, 0.5) is 5.69 Å². The highest BCUT2D eigenvalue weighted by atomic mass is 16.5. The third kappa shape index (κ3) is 4.18. The van der Waals surface area contributed by atoms with E-state index in [-0.39, 0.29) is 24.9 Å². The van der Waals surface area contributed by atoms with Crippen LogP contribution < -0.4 is 5.32 Å². The quantitative estimate of drug-likeness (QED) is 0.857. The number of carbonyl (C=O) groups excluding carboxylic acids is 2. The Morgan fingerprint density at radius 2 is 1.67 bits per heavy atom. The van der Waals surface area contributed by atoms with Crippen molar-refractivity contribution in [2.75, 3.05) is 11.9 Å². The predicted molar refractivity (Wildman–Crippen MR) is 81.8 cm³/mol. The second-order valence-corrected chi connectivity index (χ2v) is 4.47. The first-order chi connectivity index (χ1) is 10.2. The molecule has 2 rings (SSSR count). The molecule has 4 heteroatoms. The molecule has 2 aromatic rings. The molecule has 0 radical (unpaired) electrons. The Morgan fingerprint density at radius 1 is 1.00 bits per heavy atom. The lowest BCUT2D eigenvalue weighted by molar-refractivity contribution is -0.146. The molecule has 21 heavy (non-hydrogen) atoms. The van der Waals surface area contributed by atoms with E-state index in [1.54, 1.807) is 6.92 Å². The van der Waals surface area contributed by atoms with Crippen molar-refractivity contribution >= 4 is 17.6 Å². The van der Waals surface area contributed by atoms with Gasteiger partial charge < -0.3 is 10.1 Å². The van der Waals surface area contributed by atoms with Gasteiger partial charge in [-0.25, -0.2) is 0 Å². The molecule has 0 heterocycles. The molecule has 0 spiro atoms. The van der Waals surface area contributed by atoms with Gasteiger partial charge in [0.05, 0.1) is 0 Å². The first-order valence-electron chi connectivity index (χ1n) is 6.80. The van der Waals surface area contributed by atoms with Crippen molar-refractivity contribution in [3.05, 3.63) is 54.6 Å². The van der Waals surface area contributed by atoms with Crippen LogP contribution in [0.3, 0.4) is 0 Å². The smallest absolute Gasteiger partial charge is 0.306 e. The first kappa shape index (κ1) is 14.8. The summed E-state index contributed by atoms with van der Waals surface area (Å²) in [5, 5.41) is 2.77. The molecule has 0 saturated carbocycles. The van der Waals surface area contributed by atoms with E-state index in [9.17, 15) is 9.59 Å². The normalized spacial score (nSPS) is 9.95. The van der Waals surface area contributed by atoms with Gasteiger partial charge in [0.2, 0.25) is 0 Å². The molecule has 0 aliphatic carbocycles. The molecule has 1 amide bonds. The summed E-state index contributed by atoms with van der Waals surface area (Å²) in [5.41, 5.74) is 2.63. The number of hydrogen-bond acceptors (Lipinski definition) is 3. The molecule has 0 aromatic heterocycles. The summed E-state index contributed by atoms with van der Waals surface area (Å²) in [5.74, 6) is -0.735. The lowest BCUT2D eigenvalue weighted by Crippen LogP contribution is -2.20. The average molecular weight is 283 g/mol. The van der Waals surface area contributed by atoms with Crippen molar-refractivity contribution in [2.45, 2.75) is 13.3 Å². The second kappa shape index (κ2) is 7.24. The molecule has 0 unspecified atom stereocenters. The Morgan fingerprint density at radius 3 is 2.38 bits per heavy atom. The van der Waals surface area contributed by atoms with Gasteiger partial charge in [-0.1, -0.05) is 55.5 Å². The van der Waals surface area contributed by atoms with Gasteiger partial charge in [-0.15, -0.1) is 0 Å². The summed E-state index contributed by atoms with van der Waals surface area (Å²) in [4.78, 5) is 22.9. The van der Waals surface area contributed by atoms with Crippen LogP contribution in [0.25, 0.3) is 11.1 Å². The van der Waals surface area contributed by atoms with E-state index in [1.165, 1.54) is 0 Å². The standard InChI is InChI=1S/C17H17NO3/c1-2-17(20)21-12-16(19)18-15-11-7-6-10-14(15)13-8-4-3-5-9-13/h3-11H,2,12H2,1H3,(H,18,19). The number of nitrogens with one attached hydrogen (secondary N) is 1. The highest BCUT2D eigenvalue weighted by molar-refractivity contribution is 5.96. The van der Waals surface area contributed by atoms with E-state index in [4.69, 9.17) is 4.74 Å². The van der Waals surface area contributed by atoms with Crippen LogP contribution in [-0.4, -0.2) is 18.5 Å². The topological polar surface area (TPSA) is 55.4 Å². The van der Waals surface area contributed by atoms with Gasteiger partial charge in [-0.05, 0) is 11.6 Å². The number of hydrogen-bond donors (Lipinski definition) is 1. The van der Waals surface area contributed by atoms with Gasteiger partial charge in [0.15, 0.2) is 6.61 Å². The van der Waals surface area contributed by atoms with Crippen molar-refractivity contribution in [3.63, 3.8) is 0 Å². The van der Waals surface area contributed by atoms with Crippen LogP contribution in [0.5, 0.6) is 0 Å². The molecule has 0 saturated heterocycles. The van der Waals surface area contributed by atoms with Gasteiger partial charge in [-0.2, -0.15) is 0 Å². The van der Waals surface area contributed by atoms with Crippen molar-refractivity contribution < 1.29 is 14.3 Å². The summed E-state index contributed by atoms with van der Waals surface area (Å²) in [6.07, 6.45) is 0.258. The lowest BCUT2D eigenvalue weighted by atomic mass is 10.0. The molecule has 108 valence electrons. The minimum Gasteiger partial charge on any atom is -0.456 e. The maximum atomic E-state index is 11.8. The van der Waals surface area contributed by atoms with Gasteiger partial charge in [0.1, 0.15) is 0 Å². The van der Waals surface area contributed by atoms with E-state index in [0.717, 1.165) is 11.1 Å². The number of benzene rings is 2.